The standard InChI is InChI=1S/C18H21ClN4O/c1-2-16-5-3-4-10-23(16)17(24)13-11-20-18(21-12-13)22-15-8-6-14(19)7-9-15/h6-9,11-12,16H,2-5,10H2,1H3,(H,20,21,22). The summed E-state index contributed by atoms with van der Waals surface area (Å²) in [6.45, 7) is 2.95. The number of likely N-dealkylation sites (tertiary alicyclic amines) is 1. The molecule has 1 aromatic carbocycles. The van der Waals surface area contributed by atoms with E-state index in [1.807, 2.05) is 17.0 Å². The fourth-order valence-corrected chi connectivity index (χ4v) is 3.15. The largest absolute Gasteiger partial charge is 0.336 e. The van der Waals surface area contributed by atoms with Crippen LogP contribution in [0, 0.1) is 0 Å². The predicted octanol–water partition coefficient (Wildman–Crippen LogP) is 4.28. The third kappa shape index (κ3) is 3.85. The van der Waals surface area contributed by atoms with Crippen LogP contribution in [-0.2, 0) is 0 Å². The van der Waals surface area contributed by atoms with Crippen molar-refractivity contribution in [3.8, 4) is 0 Å². The van der Waals surface area contributed by atoms with E-state index in [-0.39, 0.29) is 5.91 Å². The van der Waals surface area contributed by atoms with E-state index in [0.29, 0.717) is 22.6 Å². The maximum atomic E-state index is 12.7. The van der Waals surface area contributed by atoms with Gasteiger partial charge >= 0.3 is 0 Å². The Hall–Kier alpha value is -2.14. The highest BCUT2D eigenvalue weighted by Crippen LogP contribution is 2.22. The normalized spacial score (nSPS) is 17.6. The van der Waals surface area contributed by atoms with Gasteiger partial charge in [0.25, 0.3) is 5.91 Å². The monoisotopic (exact) mass is 344 g/mol. The molecular formula is C18H21ClN4O. The van der Waals surface area contributed by atoms with Crippen molar-refractivity contribution in [2.45, 2.75) is 38.6 Å². The van der Waals surface area contributed by atoms with Crippen LogP contribution in [0.15, 0.2) is 36.7 Å². The first-order valence-electron chi connectivity index (χ1n) is 8.33. The average molecular weight is 345 g/mol. The Morgan fingerprint density at radius 3 is 2.62 bits per heavy atom. The number of carbonyl (C=O) groups excluding carboxylic acids is 1. The van der Waals surface area contributed by atoms with E-state index in [4.69, 9.17) is 11.6 Å². The van der Waals surface area contributed by atoms with Gasteiger partial charge in [-0.05, 0) is 49.9 Å². The zero-order valence-corrected chi connectivity index (χ0v) is 14.5. The number of aromatic nitrogens is 2. The number of halogens is 1. The first kappa shape index (κ1) is 16.7. The quantitative estimate of drug-likeness (QED) is 0.899. The number of rotatable bonds is 4. The maximum absolute atomic E-state index is 12.7. The van der Waals surface area contributed by atoms with Gasteiger partial charge in [0.05, 0.1) is 5.56 Å². The van der Waals surface area contributed by atoms with Gasteiger partial charge in [0.2, 0.25) is 5.95 Å². The lowest BCUT2D eigenvalue weighted by atomic mass is 9.99. The van der Waals surface area contributed by atoms with E-state index in [0.717, 1.165) is 31.5 Å². The summed E-state index contributed by atoms with van der Waals surface area (Å²) in [7, 11) is 0. The molecule has 1 N–H and O–H groups in total. The Morgan fingerprint density at radius 1 is 1.25 bits per heavy atom. The lowest BCUT2D eigenvalue weighted by Crippen LogP contribution is -2.43. The van der Waals surface area contributed by atoms with Gasteiger partial charge in [0.15, 0.2) is 0 Å². The van der Waals surface area contributed by atoms with Crippen molar-refractivity contribution in [1.29, 1.82) is 0 Å². The number of carbonyl (C=O) groups is 1. The molecule has 1 unspecified atom stereocenters. The molecule has 1 fully saturated rings. The van der Waals surface area contributed by atoms with Crippen molar-refractivity contribution in [3.05, 3.63) is 47.2 Å². The Labute approximate surface area is 147 Å². The van der Waals surface area contributed by atoms with Gasteiger partial charge in [-0.15, -0.1) is 0 Å². The van der Waals surface area contributed by atoms with E-state index in [1.165, 1.54) is 6.42 Å². The second-order valence-electron chi connectivity index (χ2n) is 5.98. The van der Waals surface area contributed by atoms with E-state index in [9.17, 15) is 4.79 Å². The molecule has 126 valence electrons. The zero-order valence-electron chi connectivity index (χ0n) is 13.7. The minimum absolute atomic E-state index is 0.0274. The van der Waals surface area contributed by atoms with Crippen LogP contribution >= 0.6 is 11.6 Å². The molecule has 2 heterocycles. The lowest BCUT2D eigenvalue weighted by molar-refractivity contribution is 0.0607. The van der Waals surface area contributed by atoms with Crippen LogP contribution in [0.5, 0.6) is 0 Å². The molecule has 6 heteroatoms. The summed E-state index contributed by atoms with van der Waals surface area (Å²) in [6.07, 6.45) is 7.52. The number of anilines is 2. The highest BCUT2D eigenvalue weighted by molar-refractivity contribution is 6.30. The Morgan fingerprint density at radius 2 is 1.96 bits per heavy atom. The van der Waals surface area contributed by atoms with Crippen LogP contribution in [0.25, 0.3) is 0 Å². The molecule has 0 saturated carbocycles. The van der Waals surface area contributed by atoms with Crippen LogP contribution in [0.3, 0.4) is 0 Å². The third-order valence-corrected chi connectivity index (χ3v) is 4.61. The third-order valence-electron chi connectivity index (χ3n) is 4.36. The molecular weight excluding hydrogens is 324 g/mol. The van der Waals surface area contributed by atoms with E-state index >= 15 is 0 Å². The summed E-state index contributed by atoms with van der Waals surface area (Å²) in [5.41, 5.74) is 1.39. The SMILES string of the molecule is CCC1CCCCN1C(=O)c1cnc(Nc2ccc(Cl)cc2)nc1. The Balaban J connectivity index is 1.69. The topological polar surface area (TPSA) is 58.1 Å². The number of piperidine rings is 1. The number of nitrogens with one attached hydrogen (secondary N) is 1. The first-order chi connectivity index (χ1) is 11.7. The molecule has 2 aromatic rings. The predicted molar refractivity (Wildman–Crippen MR) is 95.7 cm³/mol. The van der Waals surface area contributed by atoms with Gasteiger partial charge in [-0.1, -0.05) is 18.5 Å². The van der Waals surface area contributed by atoms with Gasteiger partial charge in [-0.2, -0.15) is 0 Å². The van der Waals surface area contributed by atoms with Crippen molar-refractivity contribution in [2.24, 2.45) is 0 Å². The molecule has 0 bridgehead atoms. The Kier molecular flexibility index (Phi) is 5.30. The summed E-state index contributed by atoms with van der Waals surface area (Å²) in [5, 5.41) is 3.77. The van der Waals surface area contributed by atoms with E-state index in [1.54, 1.807) is 24.5 Å². The summed E-state index contributed by atoms with van der Waals surface area (Å²) < 4.78 is 0. The van der Waals surface area contributed by atoms with Crippen LogP contribution in [0.4, 0.5) is 11.6 Å². The van der Waals surface area contributed by atoms with Gasteiger partial charge in [-0.25, -0.2) is 9.97 Å². The molecule has 1 aliphatic heterocycles. The highest BCUT2D eigenvalue weighted by atomic mass is 35.5. The minimum atomic E-state index is 0.0274. The second kappa shape index (κ2) is 7.62. The van der Waals surface area contributed by atoms with Crippen molar-refractivity contribution >= 4 is 29.1 Å². The molecule has 0 aliphatic carbocycles. The van der Waals surface area contributed by atoms with Gasteiger partial charge in [0.1, 0.15) is 0 Å². The fraction of sp³-hybridized carbons (Fsp3) is 0.389. The minimum Gasteiger partial charge on any atom is -0.336 e. The zero-order chi connectivity index (χ0) is 16.9. The molecule has 24 heavy (non-hydrogen) atoms. The highest BCUT2D eigenvalue weighted by Gasteiger charge is 2.26. The summed E-state index contributed by atoms with van der Waals surface area (Å²) >= 11 is 5.87. The number of hydrogen-bond donors (Lipinski definition) is 1. The first-order valence-corrected chi connectivity index (χ1v) is 8.71. The van der Waals surface area contributed by atoms with Gasteiger partial charge in [0, 0.05) is 35.7 Å². The average Bonchev–Trinajstić information content (AvgIpc) is 2.63. The molecule has 1 saturated heterocycles. The van der Waals surface area contributed by atoms with Crippen molar-refractivity contribution in [1.82, 2.24) is 14.9 Å². The second-order valence-corrected chi connectivity index (χ2v) is 6.42. The summed E-state index contributed by atoms with van der Waals surface area (Å²) in [4.78, 5) is 23.2. The van der Waals surface area contributed by atoms with Crippen molar-refractivity contribution in [2.75, 3.05) is 11.9 Å². The summed E-state index contributed by atoms with van der Waals surface area (Å²) in [5.74, 6) is 0.485. The van der Waals surface area contributed by atoms with Gasteiger partial charge < -0.3 is 10.2 Å². The van der Waals surface area contributed by atoms with Crippen molar-refractivity contribution in [3.63, 3.8) is 0 Å². The van der Waals surface area contributed by atoms with Crippen LogP contribution < -0.4 is 5.32 Å². The summed E-state index contributed by atoms with van der Waals surface area (Å²) in [6, 6.07) is 7.62. The number of nitrogens with zero attached hydrogens (tertiary/aromatic N) is 3. The van der Waals surface area contributed by atoms with Crippen LogP contribution in [0.1, 0.15) is 43.0 Å². The molecule has 0 radical (unpaired) electrons. The Bertz CT molecular complexity index is 687. The molecule has 5 nitrogen and oxygen atoms in total. The smallest absolute Gasteiger partial charge is 0.257 e. The van der Waals surface area contributed by atoms with Crippen LogP contribution in [0.2, 0.25) is 5.02 Å². The molecule has 1 atom stereocenters. The van der Waals surface area contributed by atoms with E-state index < -0.39 is 0 Å². The molecule has 1 aromatic heterocycles. The number of amides is 1. The maximum Gasteiger partial charge on any atom is 0.257 e. The van der Waals surface area contributed by atoms with Gasteiger partial charge in [-0.3, -0.25) is 4.79 Å². The fourth-order valence-electron chi connectivity index (χ4n) is 3.02. The van der Waals surface area contributed by atoms with Crippen LogP contribution in [-0.4, -0.2) is 33.4 Å². The molecule has 1 aliphatic rings. The van der Waals surface area contributed by atoms with Crippen molar-refractivity contribution < 1.29 is 4.79 Å². The van der Waals surface area contributed by atoms with E-state index in [2.05, 4.69) is 22.2 Å². The number of benzene rings is 1. The molecule has 1 amide bonds. The molecule has 3 rings (SSSR count). The molecule has 0 spiro atoms. The lowest BCUT2D eigenvalue weighted by Gasteiger charge is -2.35. The number of hydrogen-bond acceptors (Lipinski definition) is 4.